The first-order valence-corrected chi connectivity index (χ1v) is 5.05. The van der Waals surface area contributed by atoms with Gasteiger partial charge in [-0.15, -0.1) is 0 Å². The van der Waals surface area contributed by atoms with Gasteiger partial charge in [0.1, 0.15) is 0 Å². The topological polar surface area (TPSA) is 67.8 Å². The van der Waals surface area contributed by atoms with E-state index >= 15 is 0 Å². The van der Waals surface area contributed by atoms with E-state index in [2.05, 4.69) is 15.9 Å². The van der Waals surface area contributed by atoms with E-state index in [-0.39, 0.29) is 21.5 Å². The van der Waals surface area contributed by atoms with Crippen molar-refractivity contribution >= 4 is 21.9 Å². The molecule has 88 valence electrons. The van der Waals surface area contributed by atoms with E-state index in [4.69, 9.17) is 14.2 Å². The van der Waals surface area contributed by atoms with Crippen LogP contribution in [0.4, 0.5) is 0 Å². The Hall–Kier alpha value is -1.43. The van der Waals surface area contributed by atoms with E-state index in [1.54, 1.807) is 0 Å². The lowest BCUT2D eigenvalue weighted by Crippen LogP contribution is -2.23. The molecule has 1 aromatic rings. The van der Waals surface area contributed by atoms with Gasteiger partial charge in [0.2, 0.25) is 5.75 Å². The number of carboxylic acids is 1. The van der Waals surface area contributed by atoms with Gasteiger partial charge >= 0.3 is 0 Å². The molecule has 0 saturated carbocycles. The lowest BCUT2D eigenvalue weighted by atomic mass is 10.2. The predicted octanol–water partition coefficient (Wildman–Crippen LogP) is 0.838. The molecule has 0 radical (unpaired) electrons. The van der Waals surface area contributed by atoms with Gasteiger partial charge in [-0.05, 0) is 22.0 Å². The molecular formula is C10H10BrO5-. The van der Waals surface area contributed by atoms with Gasteiger partial charge < -0.3 is 24.1 Å². The summed E-state index contributed by atoms with van der Waals surface area (Å²) in [6.45, 7) is 0. The molecule has 6 heteroatoms. The third kappa shape index (κ3) is 2.06. The summed E-state index contributed by atoms with van der Waals surface area (Å²) < 4.78 is 15.4. The Morgan fingerprint density at radius 2 is 1.75 bits per heavy atom. The van der Waals surface area contributed by atoms with Crippen LogP contribution in [0.5, 0.6) is 17.2 Å². The molecule has 5 nitrogen and oxygen atoms in total. The molecule has 0 saturated heterocycles. The van der Waals surface area contributed by atoms with Crippen LogP contribution < -0.4 is 19.3 Å². The van der Waals surface area contributed by atoms with Crippen molar-refractivity contribution in [1.29, 1.82) is 0 Å². The van der Waals surface area contributed by atoms with Crippen LogP contribution in [0.3, 0.4) is 0 Å². The van der Waals surface area contributed by atoms with Crippen molar-refractivity contribution in [3.05, 3.63) is 16.1 Å². The Morgan fingerprint density at radius 3 is 2.12 bits per heavy atom. The van der Waals surface area contributed by atoms with Gasteiger partial charge in [0, 0.05) is 5.56 Å². The van der Waals surface area contributed by atoms with E-state index in [9.17, 15) is 9.90 Å². The number of hydrogen-bond donors (Lipinski definition) is 0. The van der Waals surface area contributed by atoms with Crippen LogP contribution in [-0.2, 0) is 0 Å². The van der Waals surface area contributed by atoms with Crippen LogP contribution in [0.25, 0.3) is 0 Å². The Balaban J connectivity index is 3.54. The fourth-order valence-corrected chi connectivity index (χ4v) is 1.89. The summed E-state index contributed by atoms with van der Waals surface area (Å²) in [4.78, 5) is 10.9. The normalized spacial score (nSPS) is 9.75. The maximum absolute atomic E-state index is 10.9. The quantitative estimate of drug-likeness (QED) is 0.822. The molecule has 1 rings (SSSR count). The second kappa shape index (κ2) is 5.07. The number of carbonyl (C=O) groups is 1. The molecule has 0 heterocycles. The number of carbonyl (C=O) groups excluding carboxylic acids is 1. The fourth-order valence-electron chi connectivity index (χ4n) is 1.27. The largest absolute Gasteiger partial charge is 0.545 e. The van der Waals surface area contributed by atoms with Crippen LogP contribution >= 0.6 is 15.9 Å². The highest BCUT2D eigenvalue weighted by molar-refractivity contribution is 9.10. The van der Waals surface area contributed by atoms with Crippen molar-refractivity contribution in [1.82, 2.24) is 0 Å². The van der Waals surface area contributed by atoms with Crippen molar-refractivity contribution in [2.24, 2.45) is 0 Å². The Kier molecular flexibility index (Phi) is 4.00. The van der Waals surface area contributed by atoms with E-state index in [0.717, 1.165) is 0 Å². The van der Waals surface area contributed by atoms with E-state index in [0.29, 0.717) is 5.75 Å². The summed E-state index contributed by atoms with van der Waals surface area (Å²) in [6, 6.07) is 1.31. The Labute approximate surface area is 101 Å². The fraction of sp³-hybridized carbons (Fsp3) is 0.300. The Morgan fingerprint density at radius 1 is 1.19 bits per heavy atom. The maximum Gasteiger partial charge on any atom is 0.204 e. The molecule has 0 aliphatic rings. The molecule has 0 fully saturated rings. The number of benzene rings is 1. The monoisotopic (exact) mass is 289 g/mol. The highest BCUT2D eigenvalue weighted by Crippen LogP contribution is 2.44. The van der Waals surface area contributed by atoms with Crippen molar-refractivity contribution in [2.75, 3.05) is 21.3 Å². The van der Waals surface area contributed by atoms with Crippen LogP contribution in [0.15, 0.2) is 10.5 Å². The minimum atomic E-state index is -1.33. The van der Waals surface area contributed by atoms with Crippen molar-refractivity contribution < 1.29 is 24.1 Å². The molecular weight excluding hydrogens is 280 g/mol. The van der Waals surface area contributed by atoms with E-state index < -0.39 is 5.97 Å². The highest BCUT2D eigenvalue weighted by Gasteiger charge is 2.19. The number of methoxy groups -OCH3 is 3. The molecule has 0 unspecified atom stereocenters. The molecule has 0 bridgehead atoms. The van der Waals surface area contributed by atoms with Crippen molar-refractivity contribution in [3.63, 3.8) is 0 Å². The lowest BCUT2D eigenvalue weighted by molar-refractivity contribution is -0.255. The number of aromatic carboxylic acids is 1. The summed E-state index contributed by atoms with van der Waals surface area (Å²) in [5.41, 5.74) is -0.0606. The second-order valence-corrected chi connectivity index (χ2v) is 3.59. The molecule has 0 spiro atoms. The van der Waals surface area contributed by atoms with Gasteiger partial charge in [0.05, 0.1) is 31.8 Å². The minimum absolute atomic E-state index is 0.0606. The van der Waals surface area contributed by atoms with Gasteiger partial charge in [0.25, 0.3) is 0 Å². The first kappa shape index (κ1) is 12.6. The average Bonchev–Trinajstić information content (AvgIpc) is 2.27. The molecule has 16 heavy (non-hydrogen) atoms. The second-order valence-electron chi connectivity index (χ2n) is 2.79. The molecule has 0 amide bonds. The standard InChI is InChI=1S/C10H11BrO5/c1-14-6-4-5(10(12)13)7(11)9(16-3)8(6)15-2/h4H,1-3H3,(H,12,13)/p-1. The Bertz CT molecular complexity index is 416. The van der Waals surface area contributed by atoms with Gasteiger partial charge in [0.15, 0.2) is 11.5 Å². The SMILES string of the molecule is COc1cc(C(=O)[O-])c(Br)c(OC)c1OC. The highest BCUT2D eigenvalue weighted by atomic mass is 79.9. The lowest BCUT2D eigenvalue weighted by Gasteiger charge is -2.16. The number of ether oxygens (including phenoxy) is 3. The van der Waals surface area contributed by atoms with Crippen molar-refractivity contribution in [3.8, 4) is 17.2 Å². The zero-order valence-electron chi connectivity index (χ0n) is 9.00. The summed E-state index contributed by atoms with van der Waals surface area (Å²) in [6.07, 6.45) is 0. The summed E-state index contributed by atoms with van der Waals surface area (Å²) >= 11 is 3.12. The average molecular weight is 290 g/mol. The predicted molar refractivity (Wildman–Crippen MR) is 58.1 cm³/mol. The first-order valence-electron chi connectivity index (χ1n) is 4.26. The van der Waals surface area contributed by atoms with Gasteiger partial charge in [-0.2, -0.15) is 0 Å². The third-order valence-electron chi connectivity index (χ3n) is 1.99. The van der Waals surface area contributed by atoms with Crippen LogP contribution in [0.2, 0.25) is 0 Å². The van der Waals surface area contributed by atoms with Crippen LogP contribution in [-0.4, -0.2) is 27.3 Å². The van der Waals surface area contributed by atoms with Crippen molar-refractivity contribution in [2.45, 2.75) is 0 Å². The molecule has 0 aliphatic carbocycles. The first-order chi connectivity index (χ1) is 7.56. The summed E-state index contributed by atoms with van der Waals surface area (Å²) in [5, 5.41) is 10.9. The number of hydrogen-bond acceptors (Lipinski definition) is 5. The van der Waals surface area contributed by atoms with E-state index in [1.165, 1.54) is 27.4 Å². The molecule has 0 atom stereocenters. The van der Waals surface area contributed by atoms with Gasteiger partial charge in [-0.3, -0.25) is 0 Å². The third-order valence-corrected chi connectivity index (χ3v) is 2.78. The minimum Gasteiger partial charge on any atom is -0.545 e. The maximum atomic E-state index is 10.9. The number of carboxylic acid groups (broad SMARTS) is 1. The molecule has 0 N–H and O–H groups in total. The smallest absolute Gasteiger partial charge is 0.204 e. The van der Waals surface area contributed by atoms with Gasteiger partial charge in [-0.1, -0.05) is 0 Å². The zero-order valence-corrected chi connectivity index (χ0v) is 10.6. The van der Waals surface area contributed by atoms with Gasteiger partial charge in [-0.25, -0.2) is 0 Å². The molecule has 1 aromatic carbocycles. The summed E-state index contributed by atoms with van der Waals surface area (Å²) in [7, 11) is 4.25. The van der Waals surface area contributed by atoms with Crippen LogP contribution in [0, 0.1) is 0 Å². The van der Waals surface area contributed by atoms with E-state index in [1.807, 2.05) is 0 Å². The zero-order chi connectivity index (χ0) is 12.3. The number of rotatable bonds is 4. The molecule has 0 aliphatic heterocycles. The molecule has 0 aromatic heterocycles. The summed E-state index contributed by atoms with van der Waals surface area (Å²) in [5.74, 6) is -0.490. The van der Waals surface area contributed by atoms with Crippen LogP contribution in [0.1, 0.15) is 10.4 Å². The number of halogens is 1.